The lowest BCUT2D eigenvalue weighted by molar-refractivity contribution is 0.0950. The summed E-state index contributed by atoms with van der Waals surface area (Å²) in [6.45, 7) is 2.33. The van der Waals surface area contributed by atoms with Crippen LogP contribution in [0.5, 0.6) is 5.88 Å². The molecule has 0 atom stereocenters. The quantitative estimate of drug-likeness (QED) is 0.619. The first-order valence-corrected chi connectivity index (χ1v) is 8.44. The first-order valence-electron chi connectivity index (χ1n) is 8.44. The van der Waals surface area contributed by atoms with E-state index in [1.807, 2.05) is 25.1 Å². The van der Waals surface area contributed by atoms with Gasteiger partial charge in [0.25, 0.3) is 5.91 Å². The van der Waals surface area contributed by atoms with E-state index in [0.29, 0.717) is 30.1 Å². The number of hydrogen-bond donors (Lipinski definition) is 2. The minimum absolute atomic E-state index is 0.134. The van der Waals surface area contributed by atoms with Crippen molar-refractivity contribution in [2.24, 2.45) is 0 Å². The van der Waals surface area contributed by atoms with Gasteiger partial charge in [0, 0.05) is 29.1 Å². The number of nitrogens with zero attached hydrogens (tertiary/aromatic N) is 1. The molecule has 1 amide bonds. The number of nitrogens with one attached hydrogen (secondary N) is 1. The fourth-order valence-corrected chi connectivity index (χ4v) is 3.18. The third kappa shape index (κ3) is 3.65. The lowest BCUT2D eigenvalue weighted by atomic mass is 9.98. The van der Waals surface area contributed by atoms with Crippen LogP contribution >= 0.6 is 0 Å². The number of nitrogens with two attached hydrogens (primary N) is 1. The highest BCUT2D eigenvalue weighted by Gasteiger charge is 2.17. The minimum Gasteiger partial charge on any atom is -0.481 e. The molecule has 0 saturated carbocycles. The number of aromatic nitrogens is 1. The molecule has 1 aromatic carbocycles. The summed E-state index contributed by atoms with van der Waals surface area (Å²) in [7, 11) is 1.61. The number of allylic oxidation sites excluding steroid dienone is 2. The van der Waals surface area contributed by atoms with Gasteiger partial charge in [0.1, 0.15) is 0 Å². The van der Waals surface area contributed by atoms with Crippen molar-refractivity contribution in [2.45, 2.75) is 32.7 Å². The van der Waals surface area contributed by atoms with Gasteiger partial charge in [0.15, 0.2) is 0 Å². The zero-order valence-corrected chi connectivity index (χ0v) is 14.6. The van der Waals surface area contributed by atoms with Gasteiger partial charge < -0.3 is 15.8 Å². The van der Waals surface area contributed by atoms with Crippen LogP contribution in [0.15, 0.2) is 36.4 Å². The summed E-state index contributed by atoms with van der Waals surface area (Å²) in [6.07, 6.45) is 6.66. The molecule has 2 heterocycles. The van der Waals surface area contributed by atoms with Crippen LogP contribution in [0, 0.1) is 6.92 Å². The van der Waals surface area contributed by atoms with Crippen LogP contribution in [0.25, 0.3) is 0 Å². The van der Waals surface area contributed by atoms with E-state index in [2.05, 4.69) is 28.5 Å². The van der Waals surface area contributed by atoms with E-state index in [4.69, 9.17) is 10.5 Å². The maximum Gasteiger partial charge on any atom is 0.251 e. The maximum absolute atomic E-state index is 12.7. The number of ether oxygens (including phenoxy) is 1. The van der Waals surface area contributed by atoms with Gasteiger partial charge in [-0.2, -0.15) is 0 Å². The Morgan fingerprint density at radius 3 is 2.88 bits per heavy atom. The number of hydrogen-bond acceptors (Lipinski definition) is 4. The standard InChI is InChI=1S/C20H23N3O2/c1-13-11-14-7-4-3-5-8-15-16(9-6-10-18(15)21)19(24)22-12-17(14)20(23-13)25-2/h3,5-6,9-11H,4,7-8,12,21H2,1-2H3,(H,22,24)/b5-3+. The number of carbonyl (C=O) groups is 1. The number of methoxy groups -OCH3 is 1. The average molecular weight is 337 g/mol. The molecule has 1 aromatic heterocycles. The second-order valence-corrected chi connectivity index (χ2v) is 6.18. The Kier molecular flexibility index (Phi) is 5.03. The summed E-state index contributed by atoms with van der Waals surface area (Å²) >= 11 is 0. The van der Waals surface area contributed by atoms with E-state index in [0.717, 1.165) is 35.2 Å². The number of benzene rings is 1. The van der Waals surface area contributed by atoms with Gasteiger partial charge in [-0.15, -0.1) is 0 Å². The van der Waals surface area contributed by atoms with Crippen molar-refractivity contribution >= 4 is 11.6 Å². The van der Waals surface area contributed by atoms with E-state index < -0.39 is 0 Å². The predicted molar refractivity (Wildman–Crippen MR) is 98.7 cm³/mol. The van der Waals surface area contributed by atoms with E-state index in [9.17, 15) is 4.79 Å². The van der Waals surface area contributed by atoms with Gasteiger partial charge in [0.2, 0.25) is 5.88 Å². The molecule has 0 bridgehead atoms. The summed E-state index contributed by atoms with van der Waals surface area (Å²) in [5.74, 6) is 0.439. The average Bonchev–Trinajstić information content (AvgIpc) is 2.59. The van der Waals surface area contributed by atoms with E-state index >= 15 is 0 Å². The molecule has 3 N–H and O–H groups in total. The molecule has 2 aromatic rings. The lowest BCUT2D eigenvalue weighted by Gasteiger charge is -2.17. The van der Waals surface area contributed by atoms with Crippen molar-refractivity contribution < 1.29 is 9.53 Å². The summed E-state index contributed by atoms with van der Waals surface area (Å²) in [5.41, 5.74) is 11.2. The van der Waals surface area contributed by atoms with Crippen LogP contribution in [0.2, 0.25) is 0 Å². The second-order valence-electron chi connectivity index (χ2n) is 6.18. The molecule has 1 aliphatic heterocycles. The Morgan fingerprint density at radius 2 is 2.08 bits per heavy atom. The normalized spacial score (nSPS) is 15.8. The fourth-order valence-electron chi connectivity index (χ4n) is 3.18. The third-order valence-electron chi connectivity index (χ3n) is 4.45. The van der Waals surface area contributed by atoms with Crippen LogP contribution in [0.4, 0.5) is 5.69 Å². The number of pyridine rings is 1. The Bertz CT molecular complexity index is 828. The molecule has 0 saturated heterocycles. The van der Waals surface area contributed by atoms with Gasteiger partial charge in [-0.3, -0.25) is 4.79 Å². The summed E-state index contributed by atoms with van der Waals surface area (Å²) in [4.78, 5) is 17.1. The predicted octanol–water partition coefficient (Wildman–Crippen LogP) is 2.96. The first kappa shape index (κ1) is 17.0. The highest BCUT2D eigenvalue weighted by atomic mass is 16.5. The Labute approximate surface area is 147 Å². The second kappa shape index (κ2) is 7.38. The third-order valence-corrected chi connectivity index (χ3v) is 4.45. The maximum atomic E-state index is 12.7. The molecule has 0 spiro atoms. The highest BCUT2D eigenvalue weighted by Crippen LogP contribution is 2.24. The first-order chi connectivity index (χ1) is 12.1. The van der Waals surface area contributed by atoms with Crippen molar-refractivity contribution in [2.75, 3.05) is 12.8 Å². The highest BCUT2D eigenvalue weighted by molar-refractivity contribution is 5.97. The van der Waals surface area contributed by atoms with Gasteiger partial charge >= 0.3 is 0 Å². The SMILES string of the molecule is COc1nc(C)cc2c1CNC(=O)c1cccc(N)c1C/C=C/CC2. The molecule has 1 aliphatic rings. The Hall–Kier alpha value is -2.82. The van der Waals surface area contributed by atoms with Gasteiger partial charge in [-0.25, -0.2) is 4.98 Å². The van der Waals surface area contributed by atoms with E-state index in [-0.39, 0.29) is 5.91 Å². The molecule has 0 unspecified atom stereocenters. The van der Waals surface area contributed by atoms with Crippen LogP contribution in [0.3, 0.4) is 0 Å². The summed E-state index contributed by atoms with van der Waals surface area (Å²) in [6, 6.07) is 7.52. The Balaban J connectivity index is 2.01. The summed E-state index contributed by atoms with van der Waals surface area (Å²) in [5, 5.41) is 3.00. The molecule has 0 radical (unpaired) electrons. The van der Waals surface area contributed by atoms with Crippen LogP contribution < -0.4 is 15.8 Å². The molecule has 25 heavy (non-hydrogen) atoms. The number of rotatable bonds is 1. The molecular weight excluding hydrogens is 314 g/mol. The zero-order chi connectivity index (χ0) is 17.8. The number of aryl methyl sites for hydroxylation is 2. The van der Waals surface area contributed by atoms with Gasteiger partial charge in [-0.1, -0.05) is 18.2 Å². The minimum atomic E-state index is -0.134. The van der Waals surface area contributed by atoms with Crippen LogP contribution in [-0.2, 0) is 19.4 Å². The number of anilines is 1. The molecule has 5 nitrogen and oxygen atoms in total. The number of carbonyl (C=O) groups excluding carboxylic acids is 1. The van der Waals surface area contributed by atoms with Crippen LogP contribution in [-0.4, -0.2) is 18.0 Å². The van der Waals surface area contributed by atoms with Crippen molar-refractivity contribution in [1.82, 2.24) is 10.3 Å². The van der Waals surface area contributed by atoms with Crippen molar-refractivity contribution in [3.05, 3.63) is 64.4 Å². The van der Waals surface area contributed by atoms with Crippen LogP contribution in [0.1, 0.15) is 39.2 Å². The largest absolute Gasteiger partial charge is 0.481 e. The molecule has 0 aliphatic carbocycles. The molecule has 3 rings (SSSR count). The van der Waals surface area contributed by atoms with Crippen molar-refractivity contribution in [3.63, 3.8) is 0 Å². The zero-order valence-electron chi connectivity index (χ0n) is 14.6. The molecule has 130 valence electrons. The van der Waals surface area contributed by atoms with Crippen molar-refractivity contribution in [1.29, 1.82) is 0 Å². The van der Waals surface area contributed by atoms with E-state index in [1.165, 1.54) is 0 Å². The van der Waals surface area contributed by atoms with E-state index in [1.54, 1.807) is 7.11 Å². The topological polar surface area (TPSA) is 77.2 Å². The van der Waals surface area contributed by atoms with Crippen molar-refractivity contribution in [3.8, 4) is 5.88 Å². The lowest BCUT2D eigenvalue weighted by Crippen LogP contribution is -2.25. The fraction of sp³-hybridized carbons (Fsp3) is 0.300. The monoisotopic (exact) mass is 337 g/mol. The molecular formula is C20H23N3O2. The number of fused-ring (bicyclic) bond motifs is 2. The molecule has 5 heteroatoms. The molecule has 0 fully saturated rings. The number of nitrogen functional groups attached to an aromatic ring is 1. The number of amides is 1. The van der Waals surface area contributed by atoms with Gasteiger partial charge in [-0.05, 0) is 55.5 Å². The van der Waals surface area contributed by atoms with Gasteiger partial charge in [0.05, 0.1) is 7.11 Å². The summed E-state index contributed by atoms with van der Waals surface area (Å²) < 4.78 is 5.44. The smallest absolute Gasteiger partial charge is 0.251 e. The Morgan fingerprint density at radius 1 is 1.24 bits per heavy atom.